The van der Waals surface area contributed by atoms with Crippen LogP contribution in [0.2, 0.25) is 0 Å². The first-order chi connectivity index (χ1) is 10.1. The van der Waals surface area contributed by atoms with Gasteiger partial charge in [0.2, 0.25) is 0 Å². The van der Waals surface area contributed by atoms with Crippen molar-refractivity contribution < 1.29 is 8.42 Å². The first kappa shape index (κ1) is 14.2. The van der Waals surface area contributed by atoms with Crippen molar-refractivity contribution in [1.82, 2.24) is 20.3 Å². The summed E-state index contributed by atoms with van der Waals surface area (Å²) in [5, 5.41) is 11.4. The molecule has 0 radical (unpaired) electrons. The molecule has 112 valence electrons. The van der Waals surface area contributed by atoms with Crippen LogP contribution in [-0.4, -0.2) is 42.0 Å². The highest BCUT2D eigenvalue weighted by Crippen LogP contribution is 2.31. The lowest BCUT2D eigenvalue weighted by Gasteiger charge is -2.22. The summed E-state index contributed by atoms with van der Waals surface area (Å²) in [6.45, 7) is 0. The Labute approximate surface area is 124 Å². The third-order valence-corrected chi connectivity index (χ3v) is 5.74. The zero-order valence-corrected chi connectivity index (χ0v) is 12.6. The lowest BCUT2D eigenvalue weighted by Crippen LogP contribution is -2.28. The Bertz CT molecular complexity index is 712. The third kappa shape index (κ3) is 2.84. The first-order valence-corrected chi connectivity index (χ1v) is 8.76. The van der Waals surface area contributed by atoms with E-state index in [1.165, 1.54) is 0 Å². The normalized spacial score (nSPS) is 22.2. The molecule has 2 aromatic rings. The fraction of sp³-hybridized carbons (Fsp3) is 0.429. The van der Waals surface area contributed by atoms with Crippen molar-refractivity contribution in [3.05, 3.63) is 42.2 Å². The van der Waals surface area contributed by atoms with Crippen molar-refractivity contribution in [2.45, 2.75) is 12.5 Å². The molecule has 0 spiro atoms. The minimum Gasteiger partial charge on any atom is -0.311 e. The van der Waals surface area contributed by atoms with Gasteiger partial charge in [0.05, 0.1) is 35.1 Å². The molecule has 1 aromatic heterocycles. The second-order valence-corrected chi connectivity index (χ2v) is 7.56. The average Bonchev–Trinajstić information content (AvgIpc) is 3.08. The Hall–Kier alpha value is -1.73. The molecule has 6 nitrogen and oxygen atoms in total. The Kier molecular flexibility index (Phi) is 3.77. The van der Waals surface area contributed by atoms with E-state index in [9.17, 15) is 8.42 Å². The number of nitrogens with zero attached hydrogens (tertiary/aromatic N) is 3. The summed E-state index contributed by atoms with van der Waals surface area (Å²) >= 11 is 0. The molecule has 1 aromatic carbocycles. The zero-order chi connectivity index (χ0) is 14.9. The van der Waals surface area contributed by atoms with Crippen LogP contribution in [0.4, 0.5) is 0 Å². The molecule has 1 aliphatic rings. The summed E-state index contributed by atoms with van der Waals surface area (Å²) in [6.07, 6.45) is 2.38. The maximum atomic E-state index is 11.7. The van der Waals surface area contributed by atoms with Gasteiger partial charge in [-0.3, -0.25) is 0 Å². The summed E-state index contributed by atoms with van der Waals surface area (Å²) in [4.78, 5) is 0. The Morgan fingerprint density at radius 3 is 2.71 bits per heavy atom. The molecule has 2 unspecified atom stereocenters. The number of hydrogen-bond donors (Lipinski definition) is 1. The quantitative estimate of drug-likeness (QED) is 0.910. The molecule has 1 aliphatic heterocycles. The topological polar surface area (TPSA) is 76.9 Å². The molecule has 2 atom stereocenters. The van der Waals surface area contributed by atoms with Crippen molar-refractivity contribution in [3.63, 3.8) is 0 Å². The van der Waals surface area contributed by atoms with Gasteiger partial charge < -0.3 is 5.32 Å². The van der Waals surface area contributed by atoms with Gasteiger partial charge in [-0.15, -0.1) is 5.10 Å². The van der Waals surface area contributed by atoms with Crippen LogP contribution in [0.25, 0.3) is 5.69 Å². The van der Waals surface area contributed by atoms with Crippen LogP contribution < -0.4 is 5.32 Å². The molecule has 0 saturated carbocycles. The van der Waals surface area contributed by atoms with E-state index in [0.29, 0.717) is 6.42 Å². The lowest BCUT2D eigenvalue weighted by molar-refractivity contribution is 0.402. The van der Waals surface area contributed by atoms with E-state index in [1.54, 1.807) is 10.9 Å². The molecule has 21 heavy (non-hydrogen) atoms. The fourth-order valence-electron chi connectivity index (χ4n) is 2.94. The number of rotatable bonds is 4. The highest BCUT2D eigenvalue weighted by atomic mass is 32.2. The van der Waals surface area contributed by atoms with Crippen molar-refractivity contribution in [2.24, 2.45) is 5.92 Å². The Morgan fingerprint density at radius 2 is 2.10 bits per heavy atom. The van der Waals surface area contributed by atoms with Crippen LogP contribution in [0.5, 0.6) is 0 Å². The van der Waals surface area contributed by atoms with E-state index in [1.807, 2.05) is 37.4 Å². The number of benzene rings is 1. The van der Waals surface area contributed by atoms with E-state index < -0.39 is 9.84 Å². The predicted octanol–water partition coefficient (Wildman–Crippen LogP) is 0.962. The van der Waals surface area contributed by atoms with Crippen LogP contribution in [-0.2, 0) is 9.84 Å². The second-order valence-electron chi connectivity index (χ2n) is 5.34. The van der Waals surface area contributed by atoms with Crippen molar-refractivity contribution in [3.8, 4) is 5.69 Å². The highest BCUT2D eigenvalue weighted by molar-refractivity contribution is 7.91. The van der Waals surface area contributed by atoms with Crippen molar-refractivity contribution in [1.29, 1.82) is 0 Å². The molecular weight excluding hydrogens is 288 g/mol. The molecule has 2 heterocycles. The summed E-state index contributed by atoms with van der Waals surface area (Å²) in [5.41, 5.74) is 1.82. The highest BCUT2D eigenvalue weighted by Gasteiger charge is 2.35. The van der Waals surface area contributed by atoms with E-state index >= 15 is 0 Å². The van der Waals surface area contributed by atoms with E-state index in [-0.39, 0.29) is 23.5 Å². The molecule has 3 rings (SSSR count). The van der Waals surface area contributed by atoms with Gasteiger partial charge in [-0.1, -0.05) is 23.4 Å². The van der Waals surface area contributed by atoms with Crippen molar-refractivity contribution >= 4 is 9.84 Å². The number of aromatic nitrogens is 3. The average molecular weight is 306 g/mol. The molecule has 7 heteroatoms. The van der Waals surface area contributed by atoms with Crippen LogP contribution in [0.3, 0.4) is 0 Å². The maximum absolute atomic E-state index is 11.7. The summed E-state index contributed by atoms with van der Waals surface area (Å²) in [6, 6.07) is 9.66. The molecule has 1 fully saturated rings. The van der Waals surface area contributed by atoms with Gasteiger partial charge in [-0.2, -0.15) is 0 Å². The zero-order valence-electron chi connectivity index (χ0n) is 11.8. The molecule has 1 saturated heterocycles. The maximum Gasteiger partial charge on any atom is 0.150 e. The predicted molar refractivity (Wildman–Crippen MR) is 79.9 cm³/mol. The van der Waals surface area contributed by atoms with Gasteiger partial charge in [-0.05, 0) is 31.5 Å². The van der Waals surface area contributed by atoms with Gasteiger partial charge >= 0.3 is 0 Å². The van der Waals surface area contributed by atoms with E-state index in [2.05, 4.69) is 15.6 Å². The molecule has 0 bridgehead atoms. The monoisotopic (exact) mass is 306 g/mol. The molecule has 0 amide bonds. The van der Waals surface area contributed by atoms with Gasteiger partial charge in [-0.25, -0.2) is 13.1 Å². The largest absolute Gasteiger partial charge is 0.311 e. The van der Waals surface area contributed by atoms with Crippen molar-refractivity contribution in [2.75, 3.05) is 18.6 Å². The van der Waals surface area contributed by atoms with Crippen LogP contribution in [0, 0.1) is 5.92 Å². The smallest absolute Gasteiger partial charge is 0.150 e. The number of para-hydroxylation sites is 1. The number of hydrogen-bond acceptors (Lipinski definition) is 5. The Morgan fingerprint density at radius 1 is 1.33 bits per heavy atom. The first-order valence-electron chi connectivity index (χ1n) is 6.94. The SMILES string of the molecule is CNC(c1cnnn1-c1ccccc1)C1CCS(=O)(=O)C1. The summed E-state index contributed by atoms with van der Waals surface area (Å²) in [5.74, 6) is 0.544. The summed E-state index contributed by atoms with van der Waals surface area (Å²) in [7, 11) is -1.06. The van der Waals surface area contributed by atoms with E-state index in [0.717, 1.165) is 11.4 Å². The summed E-state index contributed by atoms with van der Waals surface area (Å²) < 4.78 is 25.2. The van der Waals surface area contributed by atoms with Gasteiger partial charge in [0, 0.05) is 0 Å². The molecular formula is C14H18N4O2S. The van der Waals surface area contributed by atoms with Crippen LogP contribution >= 0.6 is 0 Å². The van der Waals surface area contributed by atoms with E-state index in [4.69, 9.17) is 0 Å². The van der Waals surface area contributed by atoms with Crippen LogP contribution in [0.15, 0.2) is 36.5 Å². The third-order valence-electron chi connectivity index (χ3n) is 3.95. The fourth-order valence-corrected chi connectivity index (χ4v) is 4.78. The molecule has 0 aliphatic carbocycles. The molecule has 1 N–H and O–H groups in total. The van der Waals surface area contributed by atoms with Crippen LogP contribution in [0.1, 0.15) is 18.2 Å². The van der Waals surface area contributed by atoms with Gasteiger partial charge in [0.15, 0.2) is 9.84 Å². The standard InChI is InChI=1S/C14H18N4O2S/c1-15-14(11-7-8-21(19,20)10-11)13-9-16-17-18(13)12-5-3-2-4-6-12/h2-6,9,11,14-15H,7-8,10H2,1H3. The minimum absolute atomic E-state index is 0.0564. The number of sulfone groups is 1. The second kappa shape index (κ2) is 5.57. The minimum atomic E-state index is -2.91. The number of nitrogens with one attached hydrogen (secondary N) is 1. The van der Waals surface area contributed by atoms with Gasteiger partial charge in [0.1, 0.15) is 0 Å². The van der Waals surface area contributed by atoms with Gasteiger partial charge in [0.25, 0.3) is 0 Å². The lowest BCUT2D eigenvalue weighted by atomic mass is 9.96. The Balaban J connectivity index is 1.94.